The second kappa shape index (κ2) is 3.87. The molecular weight excluding hydrogens is 236 g/mol. The summed E-state index contributed by atoms with van der Waals surface area (Å²) in [4.78, 5) is 8.63. The van der Waals surface area contributed by atoms with Gasteiger partial charge in [-0.3, -0.25) is 0 Å². The van der Waals surface area contributed by atoms with Crippen LogP contribution in [-0.2, 0) is 12.8 Å². The van der Waals surface area contributed by atoms with Crippen LogP contribution in [0.2, 0.25) is 0 Å². The minimum Gasteiger partial charge on any atom is -0.353 e. The third kappa shape index (κ3) is 1.95. The fourth-order valence-corrected chi connectivity index (χ4v) is 2.47. The van der Waals surface area contributed by atoms with Crippen molar-refractivity contribution in [1.82, 2.24) is 9.97 Å². The first-order valence-electron chi connectivity index (χ1n) is 6.47. The van der Waals surface area contributed by atoms with Gasteiger partial charge in [-0.25, -0.2) is 18.7 Å². The SMILES string of the molecule is CC1(CNc2ncc3c(n2)CCCC3)CC1(F)F. The molecule has 98 valence electrons. The van der Waals surface area contributed by atoms with E-state index in [1.807, 2.05) is 6.20 Å². The first-order valence-corrected chi connectivity index (χ1v) is 6.47. The standard InChI is InChI=1S/C13H17F2N3/c1-12(7-13(12,14)15)8-17-11-16-6-9-4-2-3-5-10(9)18-11/h6H,2-5,7-8H2,1H3,(H,16,17,18). The van der Waals surface area contributed by atoms with Crippen molar-refractivity contribution in [3.63, 3.8) is 0 Å². The van der Waals surface area contributed by atoms with Gasteiger partial charge >= 0.3 is 0 Å². The number of halogens is 2. The van der Waals surface area contributed by atoms with Gasteiger partial charge in [0.25, 0.3) is 5.92 Å². The maximum atomic E-state index is 13.1. The largest absolute Gasteiger partial charge is 0.353 e. The van der Waals surface area contributed by atoms with E-state index in [-0.39, 0.29) is 13.0 Å². The zero-order valence-electron chi connectivity index (χ0n) is 10.5. The van der Waals surface area contributed by atoms with Gasteiger partial charge in [0.2, 0.25) is 5.95 Å². The Morgan fingerprint density at radius 3 is 2.78 bits per heavy atom. The Morgan fingerprint density at radius 1 is 1.33 bits per heavy atom. The number of aryl methyl sites for hydroxylation is 2. The summed E-state index contributed by atoms with van der Waals surface area (Å²) >= 11 is 0. The minimum atomic E-state index is -2.53. The summed E-state index contributed by atoms with van der Waals surface area (Å²) in [6, 6.07) is 0. The molecule has 1 aromatic rings. The van der Waals surface area contributed by atoms with Crippen LogP contribution in [-0.4, -0.2) is 22.4 Å². The van der Waals surface area contributed by atoms with Gasteiger partial charge in [0.05, 0.1) is 5.41 Å². The Bertz CT molecular complexity index is 475. The molecule has 0 radical (unpaired) electrons. The van der Waals surface area contributed by atoms with E-state index >= 15 is 0 Å². The van der Waals surface area contributed by atoms with Gasteiger partial charge in [0.15, 0.2) is 0 Å². The smallest absolute Gasteiger partial charge is 0.256 e. The lowest BCUT2D eigenvalue weighted by molar-refractivity contribution is 0.0742. The highest BCUT2D eigenvalue weighted by Gasteiger charge is 2.67. The molecule has 0 bridgehead atoms. The molecule has 3 nitrogen and oxygen atoms in total. The highest BCUT2D eigenvalue weighted by atomic mass is 19.3. The average Bonchev–Trinajstić information content (AvgIpc) is 2.86. The molecule has 0 aliphatic heterocycles. The van der Waals surface area contributed by atoms with Gasteiger partial charge in [-0.2, -0.15) is 0 Å². The number of hydrogen-bond acceptors (Lipinski definition) is 3. The number of nitrogens with zero attached hydrogens (tertiary/aromatic N) is 2. The number of hydrogen-bond donors (Lipinski definition) is 1. The van der Waals surface area contributed by atoms with Crippen LogP contribution in [0.5, 0.6) is 0 Å². The molecule has 1 heterocycles. The maximum Gasteiger partial charge on any atom is 0.256 e. The first kappa shape index (κ1) is 11.8. The van der Waals surface area contributed by atoms with E-state index in [1.165, 1.54) is 12.0 Å². The number of rotatable bonds is 3. The predicted molar refractivity (Wildman–Crippen MR) is 64.8 cm³/mol. The summed E-state index contributed by atoms with van der Waals surface area (Å²) in [7, 11) is 0. The number of anilines is 1. The van der Waals surface area contributed by atoms with E-state index in [9.17, 15) is 8.78 Å². The van der Waals surface area contributed by atoms with E-state index in [0.29, 0.717) is 5.95 Å². The second-order valence-corrected chi connectivity index (χ2v) is 5.67. The van der Waals surface area contributed by atoms with E-state index in [0.717, 1.165) is 25.0 Å². The molecule has 1 saturated carbocycles. The molecule has 0 saturated heterocycles. The zero-order chi connectivity index (χ0) is 12.8. The van der Waals surface area contributed by atoms with Crippen molar-refractivity contribution in [2.75, 3.05) is 11.9 Å². The summed E-state index contributed by atoms with van der Waals surface area (Å²) in [6.07, 6.45) is 6.13. The van der Waals surface area contributed by atoms with Crippen molar-refractivity contribution in [2.24, 2.45) is 5.41 Å². The van der Waals surface area contributed by atoms with Gasteiger partial charge in [0, 0.05) is 24.9 Å². The first-order chi connectivity index (χ1) is 8.50. The van der Waals surface area contributed by atoms with Crippen molar-refractivity contribution >= 4 is 5.95 Å². The summed E-state index contributed by atoms with van der Waals surface area (Å²) in [6.45, 7) is 1.83. The van der Waals surface area contributed by atoms with E-state index in [1.54, 1.807) is 6.92 Å². The average molecular weight is 253 g/mol. The summed E-state index contributed by atoms with van der Waals surface area (Å²) < 4.78 is 26.2. The molecule has 1 unspecified atom stereocenters. The maximum absolute atomic E-state index is 13.1. The molecule has 5 heteroatoms. The number of fused-ring (bicyclic) bond motifs is 1. The topological polar surface area (TPSA) is 37.8 Å². The van der Waals surface area contributed by atoms with Crippen LogP contribution < -0.4 is 5.32 Å². The molecule has 18 heavy (non-hydrogen) atoms. The van der Waals surface area contributed by atoms with Crippen molar-refractivity contribution in [3.8, 4) is 0 Å². The molecule has 2 aliphatic rings. The molecule has 0 aromatic carbocycles. The van der Waals surface area contributed by atoms with Crippen molar-refractivity contribution in [3.05, 3.63) is 17.5 Å². The van der Waals surface area contributed by atoms with Crippen LogP contribution >= 0.6 is 0 Å². The Morgan fingerprint density at radius 2 is 2.06 bits per heavy atom. The summed E-state index contributed by atoms with van der Waals surface area (Å²) in [5.74, 6) is -2.05. The molecule has 2 aliphatic carbocycles. The normalized spacial score (nSPS) is 28.6. The minimum absolute atomic E-state index is 0.0437. The van der Waals surface area contributed by atoms with Gasteiger partial charge < -0.3 is 5.32 Å². The van der Waals surface area contributed by atoms with E-state index in [4.69, 9.17) is 0 Å². The van der Waals surface area contributed by atoms with Crippen molar-refractivity contribution in [1.29, 1.82) is 0 Å². The number of nitrogens with one attached hydrogen (secondary N) is 1. The molecule has 0 spiro atoms. The van der Waals surface area contributed by atoms with Gasteiger partial charge in [-0.05, 0) is 31.2 Å². The van der Waals surface area contributed by atoms with Crippen LogP contribution in [0.4, 0.5) is 14.7 Å². The second-order valence-electron chi connectivity index (χ2n) is 5.67. The quantitative estimate of drug-likeness (QED) is 0.900. The third-order valence-electron chi connectivity index (χ3n) is 4.07. The van der Waals surface area contributed by atoms with Crippen LogP contribution in [0.15, 0.2) is 6.20 Å². The number of alkyl halides is 2. The van der Waals surface area contributed by atoms with E-state index < -0.39 is 11.3 Å². The number of aromatic nitrogens is 2. The fraction of sp³-hybridized carbons (Fsp3) is 0.692. The van der Waals surface area contributed by atoms with Gasteiger partial charge in [0.1, 0.15) is 0 Å². The monoisotopic (exact) mass is 253 g/mol. The van der Waals surface area contributed by atoms with Gasteiger partial charge in [-0.1, -0.05) is 6.92 Å². The molecule has 1 atom stereocenters. The molecule has 1 aromatic heterocycles. The van der Waals surface area contributed by atoms with Crippen LogP contribution in [0, 0.1) is 5.41 Å². The Hall–Kier alpha value is -1.26. The Kier molecular flexibility index (Phi) is 2.54. The molecule has 1 fully saturated rings. The Labute approximate surface area is 105 Å². The third-order valence-corrected chi connectivity index (χ3v) is 4.07. The van der Waals surface area contributed by atoms with E-state index in [2.05, 4.69) is 15.3 Å². The molecule has 3 rings (SSSR count). The summed E-state index contributed by atoms with van der Waals surface area (Å²) in [5, 5.41) is 2.95. The highest BCUT2D eigenvalue weighted by Crippen LogP contribution is 2.59. The Balaban J connectivity index is 1.67. The lowest BCUT2D eigenvalue weighted by atomic mass is 9.98. The van der Waals surface area contributed by atoms with Crippen LogP contribution in [0.3, 0.4) is 0 Å². The summed E-state index contributed by atoms with van der Waals surface area (Å²) in [5.41, 5.74) is 1.35. The molecule has 1 N–H and O–H groups in total. The lowest BCUT2D eigenvalue weighted by Gasteiger charge is -2.16. The van der Waals surface area contributed by atoms with Crippen molar-refractivity contribution < 1.29 is 8.78 Å². The lowest BCUT2D eigenvalue weighted by Crippen LogP contribution is -2.20. The molecular formula is C13H17F2N3. The predicted octanol–water partition coefficient (Wildman–Crippen LogP) is 2.81. The highest BCUT2D eigenvalue weighted by molar-refractivity contribution is 5.32. The zero-order valence-corrected chi connectivity index (χ0v) is 10.5. The van der Waals surface area contributed by atoms with Crippen LogP contribution in [0.25, 0.3) is 0 Å². The fourth-order valence-electron chi connectivity index (χ4n) is 2.47. The molecule has 0 amide bonds. The van der Waals surface area contributed by atoms with Crippen LogP contribution in [0.1, 0.15) is 37.4 Å². The van der Waals surface area contributed by atoms with Gasteiger partial charge in [-0.15, -0.1) is 0 Å². The van der Waals surface area contributed by atoms with Crippen molar-refractivity contribution in [2.45, 2.75) is 45.0 Å².